The largest absolute Gasteiger partial charge is 0.416 e. The van der Waals surface area contributed by atoms with E-state index in [0.29, 0.717) is 22.1 Å². The number of carbonyl (C=O) groups is 2. The second-order valence-corrected chi connectivity index (χ2v) is 7.93. The molecule has 1 fully saturated rings. The van der Waals surface area contributed by atoms with Crippen LogP contribution in [-0.4, -0.2) is 50.6 Å². The molecule has 3 aromatic rings. The molecule has 0 radical (unpaired) electrons. The maximum absolute atomic E-state index is 12.8. The van der Waals surface area contributed by atoms with Crippen molar-refractivity contribution in [2.24, 2.45) is 0 Å². The highest BCUT2D eigenvalue weighted by molar-refractivity contribution is 7.14. The number of carbonyl (C=O) groups excluding carboxylic acids is 2. The number of ether oxygens (including phenoxy) is 1. The monoisotopic (exact) mass is 454 g/mol. The number of aliphatic hydroxyl groups is 1. The SMILES string of the molecule is O=C(Nc1nc(-c2ccc([N+](=O)[O-])cc2)cs1)[C@H]1C[C@H](O)CN1C(=O)Oc1ccccc1. The Balaban J connectivity index is 1.43. The number of anilines is 1. The first-order valence-corrected chi connectivity index (χ1v) is 10.5. The average molecular weight is 454 g/mol. The molecule has 2 aromatic carbocycles. The number of nitro groups is 1. The van der Waals surface area contributed by atoms with Gasteiger partial charge in [-0.15, -0.1) is 11.3 Å². The number of para-hydroxylation sites is 1. The Bertz CT molecular complexity index is 1130. The molecule has 4 rings (SSSR count). The minimum absolute atomic E-state index is 0.0182. The highest BCUT2D eigenvalue weighted by atomic mass is 32.1. The van der Waals surface area contributed by atoms with E-state index in [1.54, 1.807) is 47.8 Å². The highest BCUT2D eigenvalue weighted by Crippen LogP contribution is 2.28. The number of likely N-dealkylation sites (tertiary alicyclic amines) is 1. The number of nitrogens with one attached hydrogen (secondary N) is 1. The van der Waals surface area contributed by atoms with Crippen LogP contribution in [0.1, 0.15) is 6.42 Å². The predicted molar refractivity (Wildman–Crippen MR) is 116 cm³/mol. The van der Waals surface area contributed by atoms with E-state index in [4.69, 9.17) is 4.74 Å². The van der Waals surface area contributed by atoms with E-state index in [9.17, 15) is 24.8 Å². The molecule has 0 unspecified atom stereocenters. The topological polar surface area (TPSA) is 135 Å². The first kappa shape index (κ1) is 21.4. The van der Waals surface area contributed by atoms with Crippen molar-refractivity contribution >= 4 is 34.2 Å². The number of rotatable bonds is 5. The van der Waals surface area contributed by atoms with Gasteiger partial charge in [-0.05, 0) is 24.3 Å². The zero-order valence-electron chi connectivity index (χ0n) is 16.6. The molecule has 1 aliphatic heterocycles. The predicted octanol–water partition coefficient (Wildman–Crippen LogP) is 3.29. The molecule has 0 saturated carbocycles. The Kier molecular flexibility index (Phi) is 6.10. The van der Waals surface area contributed by atoms with Crippen molar-refractivity contribution in [1.29, 1.82) is 0 Å². The Hall–Kier alpha value is -3.83. The van der Waals surface area contributed by atoms with E-state index >= 15 is 0 Å². The van der Waals surface area contributed by atoms with Gasteiger partial charge in [-0.25, -0.2) is 9.78 Å². The van der Waals surface area contributed by atoms with Crippen LogP contribution in [0, 0.1) is 10.1 Å². The quantitative estimate of drug-likeness (QED) is 0.446. The summed E-state index contributed by atoms with van der Waals surface area (Å²) < 4.78 is 5.30. The lowest BCUT2D eigenvalue weighted by Gasteiger charge is -2.22. The number of hydrogen-bond donors (Lipinski definition) is 2. The minimum Gasteiger partial charge on any atom is -0.410 e. The Morgan fingerprint density at radius 1 is 1.19 bits per heavy atom. The van der Waals surface area contributed by atoms with Crippen molar-refractivity contribution in [2.45, 2.75) is 18.6 Å². The fourth-order valence-electron chi connectivity index (χ4n) is 3.32. The third kappa shape index (κ3) is 4.74. The third-order valence-electron chi connectivity index (χ3n) is 4.87. The average Bonchev–Trinajstić information content (AvgIpc) is 3.41. The number of aliphatic hydroxyl groups excluding tert-OH is 1. The molecule has 0 spiro atoms. The number of nitrogens with zero attached hydrogens (tertiary/aromatic N) is 3. The van der Waals surface area contributed by atoms with E-state index in [2.05, 4.69) is 10.3 Å². The van der Waals surface area contributed by atoms with Crippen LogP contribution in [0.2, 0.25) is 0 Å². The molecular weight excluding hydrogens is 436 g/mol. The Morgan fingerprint density at radius 2 is 1.91 bits per heavy atom. The van der Waals surface area contributed by atoms with E-state index in [1.165, 1.54) is 28.4 Å². The number of thiazole rings is 1. The Labute approximate surface area is 186 Å². The molecule has 10 nitrogen and oxygen atoms in total. The van der Waals surface area contributed by atoms with Crippen LogP contribution in [0.3, 0.4) is 0 Å². The van der Waals surface area contributed by atoms with Gasteiger partial charge in [0.05, 0.1) is 23.3 Å². The standard InChI is InChI=1S/C21H18N4O6S/c26-15-10-18(24(11-15)21(28)31-16-4-2-1-3-5-16)19(27)23-20-22-17(12-32-20)13-6-8-14(9-7-13)25(29)30/h1-9,12,15,18,26H,10-11H2,(H,22,23,27)/t15-,18+/m0/s1. The zero-order chi connectivity index (χ0) is 22.7. The van der Waals surface area contributed by atoms with Crippen LogP contribution in [0.15, 0.2) is 60.0 Å². The van der Waals surface area contributed by atoms with Crippen LogP contribution < -0.4 is 10.1 Å². The lowest BCUT2D eigenvalue weighted by molar-refractivity contribution is -0.384. The summed E-state index contributed by atoms with van der Waals surface area (Å²) in [6.45, 7) is -0.0182. The van der Waals surface area contributed by atoms with Crippen LogP contribution in [0.4, 0.5) is 15.6 Å². The fourth-order valence-corrected chi connectivity index (χ4v) is 4.04. The molecular formula is C21H18N4O6S. The molecule has 1 aromatic heterocycles. The number of non-ortho nitro benzene ring substituents is 1. The third-order valence-corrected chi connectivity index (χ3v) is 5.63. The molecule has 32 heavy (non-hydrogen) atoms. The number of aromatic nitrogens is 1. The maximum Gasteiger partial charge on any atom is 0.416 e. The van der Waals surface area contributed by atoms with E-state index in [-0.39, 0.29) is 18.7 Å². The van der Waals surface area contributed by atoms with Crippen molar-refractivity contribution < 1.29 is 24.4 Å². The van der Waals surface area contributed by atoms with Crippen LogP contribution in [-0.2, 0) is 4.79 Å². The first-order valence-electron chi connectivity index (χ1n) is 9.63. The van der Waals surface area contributed by atoms with Gasteiger partial charge in [0.2, 0.25) is 5.91 Å². The van der Waals surface area contributed by atoms with Crippen molar-refractivity contribution in [3.63, 3.8) is 0 Å². The lowest BCUT2D eigenvalue weighted by atomic mass is 10.1. The number of hydrogen-bond acceptors (Lipinski definition) is 8. The number of amides is 2. The Morgan fingerprint density at radius 3 is 2.59 bits per heavy atom. The van der Waals surface area contributed by atoms with Gasteiger partial charge in [0.25, 0.3) is 5.69 Å². The molecule has 0 aliphatic carbocycles. The van der Waals surface area contributed by atoms with E-state index in [0.717, 1.165) is 0 Å². The highest BCUT2D eigenvalue weighted by Gasteiger charge is 2.40. The summed E-state index contributed by atoms with van der Waals surface area (Å²) in [4.78, 5) is 41.2. The van der Waals surface area contributed by atoms with Gasteiger partial charge in [0.1, 0.15) is 11.8 Å². The van der Waals surface area contributed by atoms with Crippen molar-refractivity contribution in [2.75, 3.05) is 11.9 Å². The fraction of sp³-hybridized carbons (Fsp3) is 0.190. The summed E-state index contributed by atoms with van der Waals surface area (Å²) in [5, 5.41) is 25.5. The molecule has 11 heteroatoms. The maximum atomic E-state index is 12.8. The molecule has 2 N–H and O–H groups in total. The van der Waals surface area contributed by atoms with Crippen LogP contribution in [0.25, 0.3) is 11.3 Å². The zero-order valence-corrected chi connectivity index (χ0v) is 17.4. The molecule has 2 heterocycles. The molecule has 0 bridgehead atoms. The van der Waals surface area contributed by atoms with E-state index in [1.807, 2.05) is 0 Å². The molecule has 2 amide bonds. The number of β-amino-alcohol motifs (C(OH)–C–C–N with tert-alkyl or cyclic N) is 1. The van der Waals surface area contributed by atoms with Crippen LogP contribution >= 0.6 is 11.3 Å². The van der Waals surface area contributed by atoms with E-state index < -0.39 is 29.1 Å². The summed E-state index contributed by atoms with van der Waals surface area (Å²) in [6.07, 6.45) is -1.49. The second-order valence-electron chi connectivity index (χ2n) is 7.07. The minimum atomic E-state index is -0.909. The van der Waals surface area contributed by atoms with Crippen LogP contribution in [0.5, 0.6) is 5.75 Å². The second kappa shape index (κ2) is 9.12. The number of nitro benzene ring substituents is 1. The molecule has 2 atom stereocenters. The summed E-state index contributed by atoms with van der Waals surface area (Å²) in [5.41, 5.74) is 1.18. The number of benzene rings is 2. The van der Waals surface area contributed by atoms with Crippen molar-refractivity contribution in [1.82, 2.24) is 9.88 Å². The summed E-state index contributed by atoms with van der Waals surface area (Å²) in [6, 6.07) is 13.5. The summed E-state index contributed by atoms with van der Waals surface area (Å²) >= 11 is 1.18. The molecule has 164 valence electrons. The van der Waals surface area contributed by atoms with Crippen molar-refractivity contribution in [3.8, 4) is 17.0 Å². The molecule has 1 saturated heterocycles. The smallest absolute Gasteiger partial charge is 0.410 e. The normalized spacial score (nSPS) is 17.7. The summed E-state index contributed by atoms with van der Waals surface area (Å²) in [5.74, 6) is -0.151. The van der Waals surface area contributed by atoms with Gasteiger partial charge in [-0.2, -0.15) is 0 Å². The molecule has 1 aliphatic rings. The lowest BCUT2D eigenvalue weighted by Crippen LogP contribution is -2.44. The van der Waals surface area contributed by atoms with Gasteiger partial charge in [0.15, 0.2) is 5.13 Å². The van der Waals surface area contributed by atoms with Gasteiger partial charge >= 0.3 is 6.09 Å². The van der Waals surface area contributed by atoms with Crippen molar-refractivity contribution in [3.05, 3.63) is 70.1 Å². The first-order chi connectivity index (χ1) is 15.4. The van der Waals surface area contributed by atoms with Gasteiger partial charge in [-0.3, -0.25) is 19.8 Å². The van der Waals surface area contributed by atoms with Gasteiger partial charge in [0, 0.05) is 29.5 Å². The van der Waals surface area contributed by atoms with Gasteiger partial charge in [-0.1, -0.05) is 18.2 Å². The summed E-state index contributed by atoms with van der Waals surface area (Å²) in [7, 11) is 0. The van der Waals surface area contributed by atoms with Gasteiger partial charge < -0.3 is 15.2 Å².